The van der Waals surface area contributed by atoms with Crippen LogP contribution in [-0.4, -0.2) is 41.3 Å². The predicted octanol–water partition coefficient (Wildman–Crippen LogP) is 3.76. The molecule has 0 bridgehead atoms. The maximum atomic E-state index is 12.2. The van der Waals surface area contributed by atoms with E-state index in [4.69, 9.17) is 14.7 Å². The molecule has 0 saturated carbocycles. The van der Waals surface area contributed by atoms with Gasteiger partial charge in [-0.25, -0.2) is 9.78 Å². The van der Waals surface area contributed by atoms with Gasteiger partial charge in [-0.3, -0.25) is 0 Å². The zero-order valence-corrected chi connectivity index (χ0v) is 15.3. The van der Waals surface area contributed by atoms with Crippen LogP contribution in [0.4, 0.5) is 4.79 Å². The Morgan fingerprint density at radius 2 is 2.28 bits per heavy atom. The van der Waals surface area contributed by atoms with Gasteiger partial charge in [0.05, 0.1) is 18.2 Å². The number of nitriles is 1. The lowest BCUT2D eigenvalue weighted by Gasteiger charge is -2.34. The van der Waals surface area contributed by atoms with Crippen LogP contribution >= 0.6 is 0 Å². The molecule has 0 aliphatic carbocycles. The fourth-order valence-electron chi connectivity index (χ4n) is 2.90. The Morgan fingerprint density at radius 3 is 3.00 bits per heavy atom. The third kappa shape index (κ3) is 6.61. The quantitative estimate of drug-likeness (QED) is 0.760. The molecule has 1 saturated heterocycles. The van der Waals surface area contributed by atoms with Crippen molar-refractivity contribution in [2.75, 3.05) is 19.7 Å². The third-order valence-electron chi connectivity index (χ3n) is 4.04. The molecule has 1 fully saturated rings. The van der Waals surface area contributed by atoms with Crippen LogP contribution in [0.5, 0.6) is 5.88 Å². The Kier molecular flexibility index (Phi) is 6.63. The SMILES string of the molecule is CC(C)(C)OC(=O)N1CCCC(CCCOc2cc(C#N)ccn2)C1. The van der Waals surface area contributed by atoms with Crippen LogP contribution in [-0.2, 0) is 4.74 Å². The van der Waals surface area contributed by atoms with Crippen molar-refractivity contribution in [1.29, 1.82) is 5.26 Å². The van der Waals surface area contributed by atoms with E-state index in [9.17, 15) is 4.79 Å². The Morgan fingerprint density at radius 1 is 1.48 bits per heavy atom. The number of carbonyl (C=O) groups excluding carboxylic acids is 1. The van der Waals surface area contributed by atoms with Crippen molar-refractivity contribution in [2.24, 2.45) is 5.92 Å². The van der Waals surface area contributed by atoms with E-state index in [1.807, 2.05) is 25.7 Å². The number of amides is 1. The Balaban J connectivity index is 1.72. The summed E-state index contributed by atoms with van der Waals surface area (Å²) in [5, 5.41) is 8.87. The largest absolute Gasteiger partial charge is 0.478 e. The van der Waals surface area contributed by atoms with E-state index < -0.39 is 5.60 Å². The van der Waals surface area contributed by atoms with Crippen LogP contribution in [0.25, 0.3) is 0 Å². The molecule has 25 heavy (non-hydrogen) atoms. The minimum Gasteiger partial charge on any atom is -0.478 e. The second-order valence-corrected chi connectivity index (χ2v) is 7.42. The molecule has 1 aliphatic rings. The number of likely N-dealkylation sites (tertiary alicyclic amines) is 1. The van der Waals surface area contributed by atoms with Crippen LogP contribution < -0.4 is 4.74 Å². The molecule has 6 nitrogen and oxygen atoms in total. The fourth-order valence-corrected chi connectivity index (χ4v) is 2.90. The summed E-state index contributed by atoms with van der Waals surface area (Å²) in [6.45, 7) is 7.74. The molecule has 0 N–H and O–H groups in total. The summed E-state index contributed by atoms with van der Waals surface area (Å²) in [7, 11) is 0. The van der Waals surface area contributed by atoms with Gasteiger partial charge < -0.3 is 14.4 Å². The van der Waals surface area contributed by atoms with Gasteiger partial charge in [-0.05, 0) is 58.4 Å². The van der Waals surface area contributed by atoms with Crippen molar-refractivity contribution in [3.05, 3.63) is 23.9 Å². The molecule has 6 heteroatoms. The molecule has 2 rings (SSSR count). The highest BCUT2D eigenvalue weighted by Gasteiger charge is 2.27. The number of ether oxygens (including phenoxy) is 2. The van der Waals surface area contributed by atoms with Crippen molar-refractivity contribution < 1.29 is 14.3 Å². The van der Waals surface area contributed by atoms with Gasteiger partial charge in [0.1, 0.15) is 5.60 Å². The van der Waals surface area contributed by atoms with E-state index in [1.54, 1.807) is 18.3 Å². The van der Waals surface area contributed by atoms with Crippen molar-refractivity contribution >= 4 is 6.09 Å². The summed E-state index contributed by atoms with van der Waals surface area (Å²) >= 11 is 0. The standard InChI is InChI=1S/C19H27N3O3/c1-19(2,3)25-18(23)22-10-4-6-15(14-22)7-5-11-24-17-12-16(13-20)8-9-21-17/h8-9,12,15H,4-7,10-11,14H2,1-3H3. The molecule has 1 aromatic heterocycles. The number of hydrogen-bond acceptors (Lipinski definition) is 5. The average Bonchev–Trinajstić information content (AvgIpc) is 2.58. The average molecular weight is 345 g/mol. The van der Waals surface area contributed by atoms with E-state index >= 15 is 0 Å². The molecule has 1 aliphatic heterocycles. The number of piperidine rings is 1. The lowest BCUT2D eigenvalue weighted by molar-refractivity contribution is 0.0159. The monoisotopic (exact) mass is 345 g/mol. The zero-order chi connectivity index (χ0) is 18.3. The van der Waals surface area contributed by atoms with E-state index in [0.29, 0.717) is 24.0 Å². The first kappa shape index (κ1) is 19.0. The summed E-state index contributed by atoms with van der Waals surface area (Å²) in [6, 6.07) is 5.37. The molecule has 1 atom stereocenters. The highest BCUT2D eigenvalue weighted by molar-refractivity contribution is 5.68. The Labute approximate surface area is 149 Å². The molecule has 136 valence electrons. The van der Waals surface area contributed by atoms with Gasteiger partial charge in [-0.2, -0.15) is 5.26 Å². The normalized spacial score (nSPS) is 17.7. The summed E-state index contributed by atoms with van der Waals surface area (Å²) in [5.41, 5.74) is 0.0910. The fraction of sp³-hybridized carbons (Fsp3) is 0.632. The maximum Gasteiger partial charge on any atom is 0.410 e. The van der Waals surface area contributed by atoms with E-state index in [0.717, 1.165) is 38.8 Å². The second kappa shape index (κ2) is 8.70. The molecule has 0 aromatic carbocycles. The highest BCUT2D eigenvalue weighted by atomic mass is 16.6. The van der Waals surface area contributed by atoms with Crippen molar-refractivity contribution in [3.8, 4) is 11.9 Å². The van der Waals surface area contributed by atoms with Crippen LogP contribution in [0.1, 0.15) is 52.0 Å². The van der Waals surface area contributed by atoms with E-state index in [1.165, 1.54) is 0 Å². The summed E-state index contributed by atoms with van der Waals surface area (Å²) < 4.78 is 11.1. The molecular formula is C19H27N3O3. The van der Waals surface area contributed by atoms with Crippen LogP contribution in [0.3, 0.4) is 0 Å². The summed E-state index contributed by atoms with van der Waals surface area (Å²) in [4.78, 5) is 18.1. The maximum absolute atomic E-state index is 12.2. The topological polar surface area (TPSA) is 75.4 Å². The molecule has 1 amide bonds. The van der Waals surface area contributed by atoms with E-state index in [-0.39, 0.29) is 6.09 Å². The minimum atomic E-state index is -0.456. The van der Waals surface area contributed by atoms with Crippen molar-refractivity contribution in [2.45, 2.75) is 52.1 Å². The first-order valence-corrected chi connectivity index (χ1v) is 8.84. The Hall–Kier alpha value is -2.29. The highest BCUT2D eigenvalue weighted by Crippen LogP contribution is 2.23. The van der Waals surface area contributed by atoms with Gasteiger partial charge >= 0.3 is 6.09 Å². The van der Waals surface area contributed by atoms with Gasteiger partial charge in [-0.1, -0.05) is 0 Å². The molecule has 1 unspecified atom stereocenters. The number of nitrogens with zero attached hydrogens (tertiary/aromatic N) is 3. The minimum absolute atomic E-state index is 0.217. The lowest BCUT2D eigenvalue weighted by Crippen LogP contribution is -2.42. The number of pyridine rings is 1. The van der Waals surface area contributed by atoms with Gasteiger partial charge in [0.25, 0.3) is 0 Å². The zero-order valence-electron chi connectivity index (χ0n) is 15.3. The molecule has 2 heterocycles. The predicted molar refractivity (Wildman–Crippen MR) is 94.2 cm³/mol. The second-order valence-electron chi connectivity index (χ2n) is 7.42. The smallest absolute Gasteiger partial charge is 0.410 e. The summed E-state index contributed by atoms with van der Waals surface area (Å²) in [6.07, 6.45) is 5.39. The number of hydrogen-bond donors (Lipinski definition) is 0. The van der Waals surface area contributed by atoms with Gasteiger partial charge in [0, 0.05) is 25.4 Å². The lowest BCUT2D eigenvalue weighted by atomic mass is 9.94. The van der Waals surface area contributed by atoms with Gasteiger partial charge in [0.15, 0.2) is 0 Å². The van der Waals surface area contributed by atoms with Crippen LogP contribution in [0, 0.1) is 17.2 Å². The number of aromatic nitrogens is 1. The number of rotatable bonds is 5. The Bertz CT molecular complexity index is 619. The first-order chi connectivity index (χ1) is 11.9. The number of carbonyl (C=O) groups is 1. The van der Waals surface area contributed by atoms with E-state index in [2.05, 4.69) is 11.1 Å². The molecular weight excluding hydrogens is 318 g/mol. The van der Waals surface area contributed by atoms with Crippen LogP contribution in [0.15, 0.2) is 18.3 Å². The third-order valence-corrected chi connectivity index (χ3v) is 4.04. The molecule has 0 radical (unpaired) electrons. The van der Waals surface area contributed by atoms with Crippen molar-refractivity contribution in [3.63, 3.8) is 0 Å². The van der Waals surface area contributed by atoms with Crippen molar-refractivity contribution in [1.82, 2.24) is 9.88 Å². The van der Waals surface area contributed by atoms with Gasteiger partial charge in [-0.15, -0.1) is 0 Å². The van der Waals surface area contributed by atoms with Gasteiger partial charge in [0.2, 0.25) is 5.88 Å². The molecule has 1 aromatic rings. The first-order valence-electron chi connectivity index (χ1n) is 8.84. The summed E-state index contributed by atoms with van der Waals surface area (Å²) in [5.74, 6) is 0.960. The van der Waals surface area contributed by atoms with Crippen LogP contribution in [0.2, 0.25) is 0 Å². The molecule has 0 spiro atoms.